The van der Waals surface area contributed by atoms with Crippen LogP contribution < -0.4 is 5.32 Å². The van der Waals surface area contributed by atoms with Gasteiger partial charge in [-0.05, 0) is 41.9 Å². The van der Waals surface area contributed by atoms with Crippen LogP contribution in [0.4, 0.5) is 0 Å². The number of hydrogen-bond acceptors (Lipinski definition) is 6. The van der Waals surface area contributed by atoms with E-state index in [0.717, 1.165) is 61.7 Å². The number of halogens is 1. The quantitative estimate of drug-likeness (QED) is 0.879. The van der Waals surface area contributed by atoms with Crippen LogP contribution in [0, 0.1) is 0 Å². The van der Waals surface area contributed by atoms with Gasteiger partial charge in [-0.2, -0.15) is 0 Å². The minimum atomic E-state index is 0.554. The highest BCUT2D eigenvalue weighted by molar-refractivity contribution is 9.11. The van der Waals surface area contributed by atoms with E-state index in [4.69, 9.17) is 0 Å². The summed E-state index contributed by atoms with van der Waals surface area (Å²) < 4.78 is 3.44. The molecule has 1 saturated heterocycles. The Kier molecular flexibility index (Phi) is 4.25. The van der Waals surface area contributed by atoms with Crippen LogP contribution in [0.3, 0.4) is 0 Å². The first-order chi connectivity index (χ1) is 10.8. The fraction of sp³-hybridized carbons (Fsp3) is 0.643. The van der Waals surface area contributed by atoms with E-state index in [9.17, 15) is 0 Å². The van der Waals surface area contributed by atoms with E-state index in [1.165, 1.54) is 10.8 Å². The number of fused-ring (bicyclic) bond motifs is 1. The highest BCUT2D eigenvalue weighted by atomic mass is 79.9. The molecule has 0 atom stereocenters. The number of rotatable bonds is 3. The molecule has 2 aromatic rings. The summed E-state index contributed by atoms with van der Waals surface area (Å²) in [6.45, 7) is 6.07. The van der Waals surface area contributed by atoms with Crippen molar-refractivity contribution in [2.45, 2.75) is 38.4 Å². The molecule has 2 aliphatic heterocycles. The van der Waals surface area contributed by atoms with Gasteiger partial charge in [-0.25, -0.2) is 4.98 Å². The molecule has 0 amide bonds. The van der Waals surface area contributed by atoms with Crippen molar-refractivity contribution in [1.82, 2.24) is 30.0 Å². The Labute approximate surface area is 142 Å². The van der Waals surface area contributed by atoms with E-state index in [2.05, 4.69) is 45.9 Å². The van der Waals surface area contributed by atoms with E-state index in [1.54, 1.807) is 11.3 Å². The highest BCUT2D eigenvalue weighted by Gasteiger charge is 2.27. The Balaban J connectivity index is 1.38. The van der Waals surface area contributed by atoms with Crippen molar-refractivity contribution in [2.24, 2.45) is 0 Å². The standard InChI is InChI=1S/C14H19BrN6S/c15-11-7-17-13(22-11)9-20-4-1-10(2-5-20)14-19-18-12-8-16-3-6-21(12)14/h7,10,16H,1-6,8-9H2. The van der Waals surface area contributed by atoms with Crippen molar-refractivity contribution in [1.29, 1.82) is 0 Å². The number of nitrogens with zero attached hydrogens (tertiary/aromatic N) is 5. The molecule has 4 heterocycles. The molecule has 2 aromatic heterocycles. The van der Waals surface area contributed by atoms with Crippen LogP contribution in [-0.4, -0.2) is 44.3 Å². The van der Waals surface area contributed by atoms with Crippen molar-refractivity contribution in [3.63, 3.8) is 0 Å². The minimum Gasteiger partial charge on any atom is -0.312 e. The Morgan fingerprint density at radius 3 is 2.91 bits per heavy atom. The topological polar surface area (TPSA) is 58.9 Å². The number of piperidine rings is 1. The summed E-state index contributed by atoms with van der Waals surface area (Å²) >= 11 is 5.21. The van der Waals surface area contributed by atoms with E-state index in [1.807, 2.05) is 6.20 Å². The summed E-state index contributed by atoms with van der Waals surface area (Å²) in [6.07, 6.45) is 4.22. The van der Waals surface area contributed by atoms with Crippen molar-refractivity contribution >= 4 is 27.3 Å². The van der Waals surface area contributed by atoms with Crippen LogP contribution in [0.15, 0.2) is 9.98 Å². The molecule has 8 heteroatoms. The van der Waals surface area contributed by atoms with Gasteiger partial charge in [0.2, 0.25) is 0 Å². The molecule has 6 nitrogen and oxygen atoms in total. The molecule has 4 rings (SSSR count). The zero-order valence-corrected chi connectivity index (χ0v) is 14.7. The van der Waals surface area contributed by atoms with Crippen molar-refractivity contribution in [3.05, 3.63) is 26.6 Å². The second kappa shape index (κ2) is 6.35. The Bertz CT molecular complexity index is 646. The van der Waals surface area contributed by atoms with Crippen molar-refractivity contribution in [3.8, 4) is 0 Å². The summed E-state index contributed by atoms with van der Waals surface area (Å²) in [4.78, 5) is 6.93. The monoisotopic (exact) mass is 382 g/mol. The van der Waals surface area contributed by atoms with E-state index in [0.29, 0.717) is 5.92 Å². The molecule has 0 bridgehead atoms. The van der Waals surface area contributed by atoms with Gasteiger partial charge in [0.25, 0.3) is 0 Å². The summed E-state index contributed by atoms with van der Waals surface area (Å²) in [7, 11) is 0. The minimum absolute atomic E-state index is 0.554. The first kappa shape index (κ1) is 14.7. The first-order valence-electron chi connectivity index (χ1n) is 7.75. The molecule has 0 saturated carbocycles. The number of likely N-dealkylation sites (tertiary alicyclic amines) is 1. The van der Waals surface area contributed by atoms with Gasteiger partial charge < -0.3 is 9.88 Å². The van der Waals surface area contributed by atoms with Gasteiger partial charge in [-0.1, -0.05) is 0 Å². The normalized spacial score (nSPS) is 20.2. The van der Waals surface area contributed by atoms with Gasteiger partial charge in [0.15, 0.2) is 0 Å². The maximum absolute atomic E-state index is 4.47. The molecule has 0 aliphatic carbocycles. The Hall–Kier alpha value is -0.830. The van der Waals surface area contributed by atoms with Gasteiger partial charge in [0.1, 0.15) is 16.7 Å². The average Bonchev–Trinajstić information content (AvgIpc) is 3.14. The fourth-order valence-corrected chi connectivity index (χ4v) is 4.66. The largest absolute Gasteiger partial charge is 0.312 e. The van der Waals surface area contributed by atoms with Crippen LogP contribution in [0.25, 0.3) is 0 Å². The molecule has 1 N–H and O–H groups in total. The number of thiazole rings is 1. The maximum atomic E-state index is 4.47. The third-order valence-electron chi connectivity index (χ3n) is 4.49. The lowest BCUT2D eigenvalue weighted by Crippen LogP contribution is -2.34. The maximum Gasteiger partial charge on any atom is 0.147 e. The lowest BCUT2D eigenvalue weighted by atomic mass is 9.96. The Morgan fingerprint density at radius 2 is 2.14 bits per heavy atom. The molecule has 0 aromatic carbocycles. The summed E-state index contributed by atoms with van der Waals surface area (Å²) in [5, 5.41) is 13.4. The third-order valence-corrected chi connectivity index (χ3v) is 5.95. The molecule has 118 valence electrons. The number of hydrogen-bond donors (Lipinski definition) is 1. The molecule has 2 aliphatic rings. The van der Waals surface area contributed by atoms with E-state index in [-0.39, 0.29) is 0 Å². The van der Waals surface area contributed by atoms with Gasteiger partial charge >= 0.3 is 0 Å². The second-order valence-corrected chi connectivity index (χ2v) is 8.41. The Morgan fingerprint density at radius 1 is 1.27 bits per heavy atom. The van der Waals surface area contributed by atoms with Crippen LogP contribution in [-0.2, 0) is 19.6 Å². The number of nitrogens with one attached hydrogen (secondary N) is 1. The summed E-state index contributed by atoms with van der Waals surface area (Å²) in [6, 6.07) is 0. The first-order valence-corrected chi connectivity index (χ1v) is 9.36. The average molecular weight is 383 g/mol. The SMILES string of the molecule is Brc1cnc(CN2CCC(c3nnc4n3CCNC4)CC2)s1. The lowest BCUT2D eigenvalue weighted by Gasteiger charge is -2.31. The molecular formula is C14H19BrN6S. The molecular weight excluding hydrogens is 364 g/mol. The van der Waals surface area contributed by atoms with Crippen LogP contribution in [0.2, 0.25) is 0 Å². The molecule has 22 heavy (non-hydrogen) atoms. The summed E-state index contributed by atoms with van der Waals surface area (Å²) in [5.74, 6) is 2.85. The summed E-state index contributed by atoms with van der Waals surface area (Å²) in [5.41, 5.74) is 0. The second-order valence-electron chi connectivity index (χ2n) is 5.91. The predicted molar refractivity (Wildman–Crippen MR) is 88.8 cm³/mol. The van der Waals surface area contributed by atoms with Gasteiger partial charge in [0, 0.05) is 19.0 Å². The number of aromatic nitrogens is 4. The van der Waals surface area contributed by atoms with Gasteiger partial charge in [0.05, 0.1) is 23.1 Å². The van der Waals surface area contributed by atoms with Gasteiger partial charge in [-0.3, -0.25) is 4.90 Å². The third kappa shape index (κ3) is 2.97. The molecule has 0 radical (unpaired) electrons. The lowest BCUT2D eigenvalue weighted by molar-refractivity contribution is 0.199. The fourth-order valence-electron chi connectivity index (χ4n) is 3.32. The molecule has 0 unspecified atom stereocenters. The highest BCUT2D eigenvalue weighted by Crippen LogP contribution is 2.29. The predicted octanol–water partition coefficient (Wildman–Crippen LogP) is 1.98. The van der Waals surface area contributed by atoms with E-state index < -0.39 is 0 Å². The van der Waals surface area contributed by atoms with Crippen LogP contribution in [0.5, 0.6) is 0 Å². The van der Waals surface area contributed by atoms with E-state index >= 15 is 0 Å². The zero-order chi connectivity index (χ0) is 14.9. The molecule has 1 fully saturated rings. The van der Waals surface area contributed by atoms with Gasteiger partial charge in [-0.15, -0.1) is 21.5 Å². The smallest absolute Gasteiger partial charge is 0.147 e. The zero-order valence-electron chi connectivity index (χ0n) is 12.3. The van der Waals surface area contributed by atoms with Crippen LogP contribution in [0.1, 0.15) is 35.4 Å². The van der Waals surface area contributed by atoms with Crippen molar-refractivity contribution < 1.29 is 0 Å². The van der Waals surface area contributed by atoms with Crippen molar-refractivity contribution in [2.75, 3.05) is 19.6 Å². The molecule has 0 spiro atoms. The van der Waals surface area contributed by atoms with Crippen LogP contribution >= 0.6 is 27.3 Å².